The van der Waals surface area contributed by atoms with E-state index in [2.05, 4.69) is 24.3 Å². The SMILES string of the molecule is NCCCCCCC1=C(c2ccc(F)cc2)CCCc2ccccc21. The summed E-state index contributed by atoms with van der Waals surface area (Å²) in [5, 5.41) is 0. The van der Waals surface area contributed by atoms with Crippen LogP contribution >= 0.6 is 0 Å². The minimum Gasteiger partial charge on any atom is -0.330 e. The summed E-state index contributed by atoms with van der Waals surface area (Å²) in [5.41, 5.74) is 12.5. The molecule has 0 fully saturated rings. The molecule has 2 aromatic rings. The smallest absolute Gasteiger partial charge is 0.123 e. The van der Waals surface area contributed by atoms with Gasteiger partial charge in [-0.1, -0.05) is 49.2 Å². The van der Waals surface area contributed by atoms with Crippen molar-refractivity contribution in [2.75, 3.05) is 6.54 Å². The molecule has 0 unspecified atom stereocenters. The predicted octanol–water partition coefficient (Wildman–Crippen LogP) is 5.98. The third kappa shape index (κ3) is 4.58. The number of fused-ring (bicyclic) bond motifs is 1. The zero-order valence-electron chi connectivity index (χ0n) is 14.9. The molecule has 1 aliphatic carbocycles. The van der Waals surface area contributed by atoms with Crippen LogP contribution in [0, 0.1) is 5.82 Å². The van der Waals surface area contributed by atoms with Crippen molar-refractivity contribution in [2.45, 2.75) is 51.4 Å². The summed E-state index contributed by atoms with van der Waals surface area (Å²) in [6, 6.07) is 15.8. The Kier molecular flexibility index (Phi) is 6.41. The lowest BCUT2D eigenvalue weighted by Gasteiger charge is -2.16. The Morgan fingerprint density at radius 1 is 0.840 bits per heavy atom. The number of rotatable bonds is 7. The van der Waals surface area contributed by atoms with Crippen LogP contribution in [0.3, 0.4) is 0 Å². The van der Waals surface area contributed by atoms with Crippen molar-refractivity contribution in [1.82, 2.24) is 0 Å². The van der Waals surface area contributed by atoms with Gasteiger partial charge < -0.3 is 5.73 Å². The molecule has 132 valence electrons. The van der Waals surface area contributed by atoms with E-state index in [1.54, 1.807) is 12.1 Å². The molecule has 0 aromatic heterocycles. The Morgan fingerprint density at radius 2 is 1.60 bits per heavy atom. The van der Waals surface area contributed by atoms with Gasteiger partial charge in [-0.05, 0) is 85.0 Å². The van der Waals surface area contributed by atoms with Crippen LogP contribution < -0.4 is 5.73 Å². The van der Waals surface area contributed by atoms with E-state index in [0.29, 0.717) is 0 Å². The summed E-state index contributed by atoms with van der Waals surface area (Å²) in [6.07, 6.45) is 9.16. The van der Waals surface area contributed by atoms with Crippen LogP contribution in [0.15, 0.2) is 48.5 Å². The van der Waals surface area contributed by atoms with Crippen molar-refractivity contribution >= 4 is 11.1 Å². The molecule has 2 aromatic carbocycles. The summed E-state index contributed by atoms with van der Waals surface area (Å²) in [5.74, 6) is -0.165. The van der Waals surface area contributed by atoms with E-state index in [1.807, 2.05) is 12.1 Å². The number of allylic oxidation sites excluding steroid dienone is 2. The number of nitrogens with two attached hydrogens (primary N) is 1. The van der Waals surface area contributed by atoms with Gasteiger partial charge >= 0.3 is 0 Å². The van der Waals surface area contributed by atoms with Crippen molar-refractivity contribution < 1.29 is 4.39 Å². The highest BCUT2D eigenvalue weighted by atomic mass is 19.1. The maximum absolute atomic E-state index is 13.4. The Hall–Kier alpha value is -1.93. The van der Waals surface area contributed by atoms with Gasteiger partial charge in [-0.15, -0.1) is 0 Å². The van der Waals surface area contributed by atoms with Crippen molar-refractivity contribution in [3.05, 3.63) is 71.0 Å². The fourth-order valence-corrected chi connectivity index (χ4v) is 3.86. The third-order valence-corrected chi connectivity index (χ3v) is 5.15. The fraction of sp³-hybridized carbons (Fsp3) is 0.391. The molecular formula is C23H28FN. The second-order valence-electron chi connectivity index (χ2n) is 6.93. The van der Waals surface area contributed by atoms with Gasteiger partial charge in [0.15, 0.2) is 0 Å². The molecule has 2 N–H and O–H groups in total. The Labute approximate surface area is 150 Å². The fourth-order valence-electron chi connectivity index (χ4n) is 3.86. The van der Waals surface area contributed by atoms with Crippen molar-refractivity contribution in [1.29, 1.82) is 0 Å². The largest absolute Gasteiger partial charge is 0.330 e. The molecule has 0 spiro atoms. The van der Waals surface area contributed by atoms with Crippen LogP contribution in [0.2, 0.25) is 0 Å². The number of halogens is 1. The molecule has 1 nitrogen and oxygen atoms in total. The van der Waals surface area contributed by atoms with Gasteiger partial charge in [-0.2, -0.15) is 0 Å². The highest BCUT2D eigenvalue weighted by Gasteiger charge is 2.18. The first-order valence-corrected chi connectivity index (χ1v) is 9.56. The number of aryl methyl sites for hydroxylation is 1. The molecule has 0 bridgehead atoms. The molecule has 2 heteroatoms. The number of benzene rings is 2. The first-order valence-electron chi connectivity index (χ1n) is 9.56. The van der Waals surface area contributed by atoms with Gasteiger partial charge in [-0.3, -0.25) is 0 Å². The Bertz CT molecular complexity index is 715. The van der Waals surface area contributed by atoms with Crippen LogP contribution in [0.1, 0.15) is 61.6 Å². The quantitative estimate of drug-likeness (QED) is 0.618. The summed E-state index contributed by atoms with van der Waals surface area (Å²) in [7, 11) is 0. The van der Waals surface area contributed by atoms with Crippen LogP contribution in [0.4, 0.5) is 4.39 Å². The summed E-state index contributed by atoms with van der Waals surface area (Å²) < 4.78 is 13.4. The van der Waals surface area contributed by atoms with E-state index in [-0.39, 0.29) is 5.82 Å². The third-order valence-electron chi connectivity index (χ3n) is 5.15. The summed E-state index contributed by atoms with van der Waals surface area (Å²) >= 11 is 0. The van der Waals surface area contributed by atoms with Gasteiger partial charge in [-0.25, -0.2) is 4.39 Å². The average Bonchev–Trinajstić information content (AvgIpc) is 2.82. The first-order chi connectivity index (χ1) is 12.3. The molecule has 25 heavy (non-hydrogen) atoms. The average molecular weight is 337 g/mol. The lowest BCUT2D eigenvalue weighted by molar-refractivity contribution is 0.627. The lowest BCUT2D eigenvalue weighted by Crippen LogP contribution is -1.98. The van der Waals surface area contributed by atoms with E-state index in [1.165, 1.54) is 47.1 Å². The summed E-state index contributed by atoms with van der Waals surface area (Å²) in [4.78, 5) is 0. The monoisotopic (exact) mass is 337 g/mol. The zero-order valence-corrected chi connectivity index (χ0v) is 14.9. The minimum atomic E-state index is -0.165. The second-order valence-corrected chi connectivity index (χ2v) is 6.93. The number of hydrogen-bond acceptors (Lipinski definition) is 1. The highest BCUT2D eigenvalue weighted by molar-refractivity contribution is 5.92. The van der Waals surface area contributed by atoms with Crippen molar-refractivity contribution in [3.8, 4) is 0 Å². The first kappa shape index (κ1) is 17.9. The molecule has 0 amide bonds. The van der Waals surface area contributed by atoms with E-state index < -0.39 is 0 Å². The van der Waals surface area contributed by atoms with E-state index in [4.69, 9.17) is 5.73 Å². The maximum atomic E-state index is 13.4. The lowest BCUT2D eigenvalue weighted by atomic mass is 9.89. The van der Waals surface area contributed by atoms with Crippen LogP contribution in [0.5, 0.6) is 0 Å². The molecule has 0 aliphatic heterocycles. The van der Waals surface area contributed by atoms with Gasteiger partial charge in [0.05, 0.1) is 0 Å². The van der Waals surface area contributed by atoms with E-state index in [0.717, 1.165) is 38.6 Å². The summed E-state index contributed by atoms with van der Waals surface area (Å²) in [6.45, 7) is 0.784. The van der Waals surface area contributed by atoms with Crippen molar-refractivity contribution in [2.24, 2.45) is 5.73 Å². The van der Waals surface area contributed by atoms with Gasteiger partial charge in [0.25, 0.3) is 0 Å². The molecule has 0 saturated heterocycles. The topological polar surface area (TPSA) is 26.0 Å². The van der Waals surface area contributed by atoms with Crippen LogP contribution in [-0.2, 0) is 6.42 Å². The van der Waals surface area contributed by atoms with Crippen LogP contribution in [0.25, 0.3) is 11.1 Å². The molecule has 0 atom stereocenters. The predicted molar refractivity (Wildman–Crippen MR) is 105 cm³/mol. The molecule has 0 saturated carbocycles. The van der Waals surface area contributed by atoms with Gasteiger partial charge in [0.2, 0.25) is 0 Å². The zero-order chi connectivity index (χ0) is 17.5. The molecule has 0 heterocycles. The Balaban J connectivity index is 1.93. The second kappa shape index (κ2) is 8.96. The normalized spacial score (nSPS) is 14.3. The molecule has 0 radical (unpaired) electrons. The standard InChI is InChI=1S/C23H28FN/c24-20-15-13-19(14-16-20)22-12-7-9-18-8-4-5-10-21(18)23(22)11-3-1-2-6-17-25/h4-5,8,10,13-16H,1-3,6-7,9,11-12,17,25H2. The van der Waals surface area contributed by atoms with E-state index in [9.17, 15) is 4.39 Å². The van der Waals surface area contributed by atoms with Crippen LogP contribution in [-0.4, -0.2) is 6.54 Å². The minimum absolute atomic E-state index is 0.165. The number of hydrogen-bond donors (Lipinski definition) is 1. The van der Waals surface area contributed by atoms with Crippen molar-refractivity contribution in [3.63, 3.8) is 0 Å². The molecule has 3 rings (SSSR count). The van der Waals surface area contributed by atoms with E-state index >= 15 is 0 Å². The van der Waals surface area contributed by atoms with Gasteiger partial charge in [0.1, 0.15) is 5.82 Å². The maximum Gasteiger partial charge on any atom is 0.123 e. The molecular weight excluding hydrogens is 309 g/mol. The number of unbranched alkanes of at least 4 members (excludes halogenated alkanes) is 3. The Morgan fingerprint density at radius 3 is 2.40 bits per heavy atom. The molecule has 1 aliphatic rings. The highest BCUT2D eigenvalue weighted by Crippen LogP contribution is 2.38. The van der Waals surface area contributed by atoms with Gasteiger partial charge in [0, 0.05) is 0 Å².